The summed E-state index contributed by atoms with van der Waals surface area (Å²) in [5, 5.41) is 0. The first kappa shape index (κ1) is 16.1. The minimum absolute atomic E-state index is 0.0454. The predicted octanol–water partition coefficient (Wildman–Crippen LogP) is 5.03. The molecule has 0 atom stereocenters. The molecule has 1 aliphatic carbocycles. The molecule has 4 heteroatoms. The summed E-state index contributed by atoms with van der Waals surface area (Å²) in [7, 11) is 0. The van der Waals surface area contributed by atoms with Crippen LogP contribution in [0.2, 0.25) is 0 Å². The topological polar surface area (TPSA) is 33.5 Å². The summed E-state index contributed by atoms with van der Waals surface area (Å²) in [4.78, 5) is 14.7. The predicted molar refractivity (Wildman–Crippen MR) is 94.7 cm³/mol. The van der Waals surface area contributed by atoms with Crippen LogP contribution < -0.4 is 0 Å². The van der Waals surface area contributed by atoms with Crippen LogP contribution in [0.3, 0.4) is 0 Å². The number of carbonyl (C=O) groups excluding carboxylic acids is 1. The molecule has 1 fully saturated rings. The Bertz CT molecular complexity index is 672. The Morgan fingerprint density at radius 2 is 2.00 bits per heavy atom. The van der Waals surface area contributed by atoms with Crippen molar-refractivity contribution >= 4 is 27.9 Å². The summed E-state index contributed by atoms with van der Waals surface area (Å²) in [6.07, 6.45) is 9.74. The van der Waals surface area contributed by atoms with Crippen molar-refractivity contribution in [2.75, 3.05) is 0 Å². The van der Waals surface area contributed by atoms with Gasteiger partial charge in [-0.3, -0.25) is 4.79 Å². The van der Waals surface area contributed by atoms with Gasteiger partial charge < -0.3 is 9.32 Å². The molecule has 0 N–H and O–H groups in total. The van der Waals surface area contributed by atoms with E-state index in [1.165, 1.54) is 12.8 Å². The van der Waals surface area contributed by atoms with Crippen molar-refractivity contribution in [3.05, 3.63) is 64.5 Å². The van der Waals surface area contributed by atoms with Crippen LogP contribution in [0.1, 0.15) is 37.0 Å². The van der Waals surface area contributed by atoms with Crippen LogP contribution in [-0.2, 0) is 11.3 Å². The molecule has 1 saturated carbocycles. The Morgan fingerprint density at radius 3 is 2.70 bits per heavy atom. The minimum Gasteiger partial charge on any atom is -0.467 e. The Labute approximate surface area is 145 Å². The zero-order valence-corrected chi connectivity index (χ0v) is 14.5. The lowest BCUT2D eigenvalue weighted by molar-refractivity contribution is -0.129. The molecule has 1 amide bonds. The molecule has 0 radical (unpaired) electrons. The molecule has 0 bridgehead atoms. The first-order valence-corrected chi connectivity index (χ1v) is 8.79. The van der Waals surface area contributed by atoms with E-state index in [0.717, 1.165) is 28.6 Å². The summed E-state index contributed by atoms with van der Waals surface area (Å²) >= 11 is 3.51. The quantitative estimate of drug-likeness (QED) is 0.688. The van der Waals surface area contributed by atoms with E-state index in [1.54, 1.807) is 12.3 Å². The van der Waals surface area contributed by atoms with Gasteiger partial charge in [0, 0.05) is 16.6 Å². The maximum Gasteiger partial charge on any atom is 0.247 e. The number of amides is 1. The Kier molecular flexibility index (Phi) is 5.34. The standard InChI is InChI=1S/C19H20BrNO2/c20-18-10-4-1-6-15(18)11-12-19(22)21(16-7-2-3-8-16)14-17-9-5-13-23-17/h1,4-6,9-13,16H,2-3,7-8,14H2/b12-11+. The van der Waals surface area contributed by atoms with E-state index in [9.17, 15) is 4.79 Å². The number of carbonyl (C=O) groups is 1. The van der Waals surface area contributed by atoms with E-state index in [4.69, 9.17) is 4.42 Å². The molecule has 3 nitrogen and oxygen atoms in total. The van der Waals surface area contributed by atoms with Gasteiger partial charge in [-0.15, -0.1) is 0 Å². The van der Waals surface area contributed by atoms with E-state index >= 15 is 0 Å². The van der Waals surface area contributed by atoms with E-state index in [-0.39, 0.29) is 5.91 Å². The van der Waals surface area contributed by atoms with Gasteiger partial charge >= 0.3 is 0 Å². The molecule has 1 aromatic heterocycles. The monoisotopic (exact) mass is 373 g/mol. The molecule has 1 heterocycles. The first-order valence-electron chi connectivity index (χ1n) is 7.99. The van der Waals surface area contributed by atoms with Gasteiger partial charge in [0.25, 0.3) is 0 Å². The molecule has 2 aromatic rings. The lowest BCUT2D eigenvalue weighted by Gasteiger charge is -2.27. The van der Waals surface area contributed by atoms with Crippen LogP contribution in [0.25, 0.3) is 6.08 Å². The minimum atomic E-state index is 0.0454. The van der Waals surface area contributed by atoms with Gasteiger partial charge in [-0.2, -0.15) is 0 Å². The maximum atomic E-state index is 12.7. The van der Waals surface area contributed by atoms with E-state index in [0.29, 0.717) is 12.6 Å². The number of benzene rings is 1. The number of hydrogen-bond acceptors (Lipinski definition) is 2. The van der Waals surface area contributed by atoms with Crippen LogP contribution in [0.15, 0.2) is 57.6 Å². The van der Waals surface area contributed by atoms with Gasteiger partial charge in [0.1, 0.15) is 5.76 Å². The Hall–Kier alpha value is -1.81. The summed E-state index contributed by atoms with van der Waals surface area (Å²) < 4.78 is 6.42. The van der Waals surface area contributed by atoms with Crippen LogP contribution in [0.5, 0.6) is 0 Å². The van der Waals surface area contributed by atoms with Crippen molar-refractivity contribution in [1.29, 1.82) is 0 Å². The average molecular weight is 374 g/mol. The van der Waals surface area contributed by atoms with Crippen LogP contribution in [-0.4, -0.2) is 16.8 Å². The van der Waals surface area contributed by atoms with Gasteiger partial charge in [0.2, 0.25) is 5.91 Å². The van der Waals surface area contributed by atoms with Crippen molar-refractivity contribution in [2.24, 2.45) is 0 Å². The normalized spacial score (nSPS) is 15.3. The fourth-order valence-electron chi connectivity index (χ4n) is 3.04. The van der Waals surface area contributed by atoms with E-state index < -0.39 is 0 Å². The highest BCUT2D eigenvalue weighted by Gasteiger charge is 2.26. The van der Waals surface area contributed by atoms with Gasteiger partial charge in [0.05, 0.1) is 12.8 Å². The molecule has 1 aromatic carbocycles. The average Bonchev–Trinajstić information content (AvgIpc) is 3.25. The van der Waals surface area contributed by atoms with Gasteiger partial charge in [-0.05, 0) is 42.7 Å². The van der Waals surface area contributed by atoms with Crippen LogP contribution >= 0.6 is 15.9 Å². The third-order valence-corrected chi connectivity index (χ3v) is 4.99. The summed E-state index contributed by atoms with van der Waals surface area (Å²) in [6, 6.07) is 12.0. The first-order chi connectivity index (χ1) is 11.2. The molecule has 0 spiro atoms. The fourth-order valence-corrected chi connectivity index (χ4v) is 3.46. The van der Waals surface area contributed by atoms with Crippen molar-refractivity contribution in [3.8, 4) is 0 Å². The third kappa shape index (κ3) is 4.14. The van der Waals surface area contributed by atoms with Crippen LogP contribution in [0.4, 0.5) is 0 Å². The van der Waals surface area contributed by atoms with Crippen molar-refractivity contribution in [2.45, 2.75) is 38.3 Å². The summed E-state index contributed by atoms with van der Waals surface area (Å²) in [5.74, 6) is 0.878. The summed E-state index contributed by atoms with van der Waals surface area (Å²) in [5.41, 5.74) is 1.00. The molecule has 0 saturated heterocycles. The van der Waals surface area contributed by atoms with Gasteiger partial charge in [-0.25, -0.2) is 0 Å². The number of nitrogens with zero attached hydrogens (tertiary/aromatic N) is 1. The smallest absolute Gasteiger partial charge is 0.247 e. The number of hydrogen-bond donors (Lipinski definition) is 0. The SMILES string of the molecule is O=C(/C=C/c1ccccc1Br)N(Cc1ccco1)C1CCCC1. The zero-order valence-electron chi connectivity index (χ0n) is 13.0. The second-order valence-electron chi connectivity index (χ2n) is 5.84. The maximum absolute atomic E-state index is 12.7. The van der Waals surface area contributed by atoms with Crippen molar-refractivity contribution < 1.29 is 9.21 Å². The number of halogens is 1. The van der Waals surface area contributed by atoms with E-state index in [1.807, 2.05) is 47.4 Å². The highest BCUT2D eigenvalue weighted by atomic mass is 79.9. The molecule has 1 aliphatic rings. The molecular weight excluding hydrogens is 354 g/mol. The molecule has 3 rings (SSSR count). The highest BCUT2D eigenvalue weighted by Crippen LogP contribution is 2.26. The lowest BCUT2D eigenvalue weighted by Crippen LogP contribution is -2.37. The number of rotatable bonds is 5. The molecule has 23 heavy (non-hydrogen) atoms. The van der Waals surface area contributed by atoms with Crippen molar-refractivity contribution in [1.82, 2.24) is 4.90 Å². The van der Waals surface area contributed by atoms with Gasteiger partial charge in [-0.1, -0.05) is 47.0 Å². The highest BCUT2D eigenvalue weighted by molar-refractivity contribution is 9.10. The largest absolute Gasteiger partial charge is 0.467 e. The molecule has 120 valence electrons. The van der Waals surface area contributed by atoms with Crippen molar-refractivity contribution in [3.63, 3.8) is 0 Å². The second-order valence-corrected chi connectivity index (χ2v) is 6.69. The second kappa shape index (κ2) is 7.64. The van der Waals surface area contributed by atoms with Crippen LogP contribution in [0, 0.1) is 0 Å². The molecular formula is C19H20BrNO2. The zero-order chi connectivity index (χ0) is 16.1. The third-order valence-electron chi connectivity index (χ3n) is 4.27. The molecule has 0 unspecified atom stereocenters. The Morgan fingerprint density at radius 1 is 1.22 bits per heavy atom. The van der Waals surface area contributed by atoms with Gasteiger partial charge in [0.15, 0.2) is 0 Å². The Balaban J connectivity index is 1.75. The fraction of sp³-hybridized carbons (Fsp3) is 0.316. The van der Waals surface area contributed by atoms with E-state index in [2.05, 4.69) is 15.9 Å². The molecule has 0 aliphatic heterocycles. The number of furan rings is 1. The summed E-state index contributed by atoms with van der Waals surface area (Å²) in [6.45, 7) is 0.538. The lowest BCUT2D eigenvalue weighted by atomic mass is 10.1.